The molecular formula is C21H21N3O2S. The van der Waals surface area contributed by atoms with E-state index in [2.05, 4.69) is 15.3 Å². The van der Waals surface area contributed by atoms with Gasteiger partial charge in [0, 0.05) is 17.1 Å². The van der Waals surface area contributed by atoms with Gasteiger partial charge in [0.2, 0.25) is 5.91 Å². The first-order valence-electron chi connectivity index (χ1n) is 8.59. The standard InChI is InChI=1S/C21H21N3O2S/c1-14-11-15(2)23-21(22-14)27-13-19(25)24-18-10-6-9-17(12-18)20(26)16-7-4-3-5-8-16/h3-12,20,26H,13H2,1-2H3,(H,24,25). The summed E-state index contributed by atoms with van der Waals surface area (Å²) in [4.78, 5) is 20.9. The molecular weight excluding hydrogens is 358 g/mol. The zero-order valence-electron chi connectivity index (χ0n) is 15.2. The van der Waals surface area contributed by atoms with Crippen molar-refractivity contribution in [2.75, 3.05) is 11.1 Å². The molecule has 1 aromatic heterocycles. The number of carbonyl (C=O) groups excluding carboxylic acids is 1. The molecule has 1 unspecified atom stereocenters. The van der Waals surface area contributed by atoms with Gasteiger partial charge in [-0.15, -0.1) is 0 Å². The lowest BCUT2D eigenvalue weighted by molar-refractivity contribution is -0.113. The van der Waals surface area contributed by atoms with Gasteiger partial charge in [-0.25, -0.2) is 9.97 Å². The fraction of sp³-hybridized carbons (Fsp3) is 0.190. The maximum atomic E-state index is 12.3. The van der Waals surface area contributed by atoms with Gasteiger partial charge in [-0.3, -0.25) is 4.79 Å². The van der Waals surface area contributed by atoms with E-state index >= 15 is 0 Å². The Morgan fingerprint density at radius 2 is 1.67 bits per heavy atom. The Balaban J connectivity index is 1.63. The van der Waals surface area contributed by atoms with E-state index in [1.807, 2.05) is 62.4 Å². The molecule has 3 aromatic rings. The van der Waals surface area contributed by atoms with Gasteiger partial charge in [-0.05, 0) is 43.2 Å². The van der Waals surface area contributed by atoms with Crippen LogP contribution < -0.4 is 5.32 Å². The molecule has 0 radical (unpaired) electrons. The van der Waals surface area contributed by atoms with Crippen LogP contribution in [0.3, 0.4) is 0 Å². The van der Waals surface area contributed by atoms with Crippen LogP contribution in [-0.2, 0) is 4.79 Å². The maximum Gasteiger partial charge on any atom is 0.234 e. The molecule has 0 saturated carbocycles. The Kier molecular flexibility index (Phi) is 6.21. The SMILES string of the molecule is Cc1cc(C)nc(SCC(=O)Nc2cccc(C(O)c3ccccc3)c2)n1. The topological polar surface area (TPSA) is 75.1 Å². The summed E-state index contributed by atoms with van der Waals surface area (Å²) < 4.78 is 0. The molecule has 138 valence electrons. The van der Waals surface area contributed by atoms with E-state index in [0.717, 1.165) is 22.5 Å². The van der Waals surface area contributed by atoms with Crippen molar-refractivity contribution in [2.45, 2.75) is 25.1 Å². The average Bonchev–Trinajstić information content (AvgIpc) is 2.66. The summed E-state index contributed by atoms with van der Waals surface area (Å²) >= 11 is 1.30. The third-order valence-electron chi connectivity index (χ3n) is 3.90. The number of thioether (sulfide) groups is 1. The molecule has 0 spiro atoms. The molecule has 1 heterocycles. The number of rotatable bonds is 6. The number of aromatic nitrogens is 2. The van der Waals surface area contributed by atoms with Crippen molar-refractivity contribution >= 4 is 23.4 Å². The summed E-state index contributed by atoms with van der Waals surface area (Å²) in [5.74, 6) is 0.0723. The number of hydrogen-bond donors (Lipinski definition) is 2. The molecule has 1 atom stereocenters. The van der Waals surface area contributed by atoms with Gasteiger partial charge >= 0.3 is 0 Å². The molecule has 0 aliphatic carbocycles. The maximum absolute atomic E-state index is 12.3. The fourth-order valence-corrected chi connectivity index (χ4v) is 3.45. The van der Waals surface area contributed by atoms with E-state index in [1.54, 1.807) is 12.1 Å². The van der Waals surface area contributed by atoms with Crippen molar-refractivity contribution in [3.63, 3.8) is 0 Å². The predicted octanol–water partition coefficient (Wildman–Crippen LogP) is 3.91. The molecule has 6 heteroatoms. The lowest BCUT2D eigenvalue weighted by Crippen LogP contribution is -2.14. The van der Waals surface area contributed by atoms with Crippen LogP contribution in [0.25, 0.3) is 0 Å². The van der Waals surface area contributed by atoms with Gasteiger partial charge in [-0.1, -0.05) is 54.2 Å². The largest absolute Gasteiger partial charge is 0.384 e. The zero-order valence-corrected chi connectivity index (χ0v) is 16.0. The van der Waals surface area contributed by atoms with Gasteiger partial charge in [0.25, 0.3) is 0 Å². The van der Waals surface area contributed by atoms with E-state index < -0.39 is 6.10 Å². The Morgan fingerprint density at radius 1 is 1.00 bits per heavy atom. The molecule has 0 aliphatic heterocycles. The Bertz CT molecular complexity index is 911. The molecule has 0 aliphatic rings. The third kappa shape index (κ3) is 5.39. The normalized spacial score (nSPS) is 11.8. The van der Waals surface area contributed by atoms with Gasteiger partial charge in [0.1, 0.15) is 6.10 Å². The Morgan fingerprint density at radius 3 is 2.37 bits per heavy atom. The lowest BCUT2D eigenvalue weighted by Gasteiger charge is -2.13. The minimum Gasteiger partial charge on any atom is -0.384 e. The van der Waals surface area contributed by atoms with E-state index in [-0.39, 0.29) is 11.7 Å². The fourth-order valence-electron chi connectivity index (χ4n) is 2.70. The van der Waals surface area contributed by atoms with Crippen molar-refractivity contribution in [1.82, 2.24) is 9.97 Å². The van der Waals surface area contributed by atoms with Crippen LogP contribution in [-0.4, -0.2) is 26.7 Å². The number of hydrogen-bond acceptors (Lipinski definition) is 5. The highest BCUT2D eigenvalue weighted by atomic mass is 32.2. The highest BCUT2D eigenvalue weighted by Crippen LogP contribution is 2.24. The first-order chi connectivity index (χ1) is 13.0. The second kappa shape index (κ2) is 8.79. The van der Waals surface area contributed by atoms with Crippen LogP contribution >= 0.6 is 11.8 Å². The van der Waals surface area contributed by atoms with Crippen molar-refractivity contribution < 1.29 is 9.90 Å². The number of benzene rings is 2. The summed E-state index contributed by atoms with van der Waals surface area (Å²) in [6, 6.07) is 18.6. The number of aryl methyl sites for hydroxylation is 2. The Labute approximate surface area is 162 Å². The molecule has 1 amide bonds. The smallest absolute Gasteiger partial charge is 0.234 e. The summed E-state index contributed by atoms with van der Waals surface area (Å²) in [5.41, 5.74) is 3.95. The van der Waals surface area contributed by atoms with Gasteiger partial charge in [-0.2, -0.15) is 0 Å². The Hall–Kier alpha value is -2.70. The minimum absolute atomic E-state index is 0.144. The molecule has 2 aromatic carbocycles. The van der Waals surface area contributed by atoms with Crippen LogP contribution in [0.15, 0.2) is 65.8 Å². The van der Waals surface area contributed by atoms with Gasteiger partial charge in [0.05, 0.1) is 5.75 Å². The summed E-state index contributed by atoms with van der Waals surface area (Å²) in [6.07, 6.45) is -0.735. The summed E-state index contributed by atoms with van der Waals surface area (Å²) in [6.45, 7) is 3.81. The zero-order chi connectivity index (χ0) is 19.2. The number of aliphatic hydroxyl groups excluding tert-OH is 1. The second-order valence-electron chi connectivity index (χ2n) is 6.21. The predicted molar refractivity (Wildman–Crippen MR) is 108 cm³/mol. The molecule has 0 saturated heterocycles. The van der Waals surface area contributed by atoms with E-state index in [1.165, 1.54) is 11.8 Å². The van der Waals surface area contributed by atoms with Crippen molar-refractivity contribution in [2.24, 2.45) is 0 Å². The number of anilines is 1. The number of aliphatic hydroxyl groups is 1. The van der Waals surface area contributed by atoms with Crippen molar-refractivity contribution in [1.29, 1.82) is 0 Å². The lowest BCUT2D eigenvalue weighted by atomic mass is 10.0. The third-order valence-corrected chi connectivity index (χ3v) is 4.74. The van der Waals surface area contributed by atoms with Crippen LogP contribution in [0.2, 0.25) is 0 Å². The van der Waals surface area contributed by atoms with Crippen LogP contribution in [0, 0.1) is 13.8 Å². The number of nitrogens with zero attached hydrogens (tertiary/aromatic N) is 2. The number of amides is 1. The molecule has 0 fully saturated rings. The molecule has 3 rings (SSSR count). The molecule has 2 N–H and O–H groups in total. The molecule has 0 bridgehead atoms. The van der Waals surface area contributed by atoms with Crippen LogP contribution in [0.4, 0.5) is 5.69 Å². The van der Waals surface area contributed by atoms with E-state index in [9.17, 15) is 9.90 Å². The second-order valence-corrected chi connectivity index (χ2v) is 7.15. The first-order valence-corrected chi connectivity index (χ1v) is 9.58. The quantitative estimate of drug-likeness (QED) is 0.502. The highest BCUT2D eigenvalue weighted by molar-refractivity contribution is 7.99. The van der Waals surface area contributed by atoms with Crippen LogP contribution in [0.5, 0.6) is 0 Å². The van der Waals surface area contributed by atoms with E-state index in [4.69, 9.17) is 0 Å². The molecule has 5 nitrogen and oxygen atoms in total. The molecule has 27 heavy (non-hydrogen) atoms. The summed E-state index contributed by atoms with van der Waals surface area (Å²) in [7, 11) is 0. The van der Waals surface area contributed by atoms with Gasteiger partial charge < -0.3 is 10.4 Å². The number of carbonyl (C=O) groups is 1. The monoisotopic (exact) mass is 379 g/mol. The van der Waals surface area contributed by atoms with Crippen molar-refractivity contribution in [3.8, 4) is 0 Å². The first kappa shape index (κ1) is 19.1. The minimum atomic E-state index is -0.735. The summed E-state index contributed by atoms with van der Waals surface area (Å²) in [5, 5.41) is 14.0. The number of nitrogens with one attached hydrogen (secondary N) is 1. The van der Waals surface area contributed by atoms with Crippen molar-refractivity contribution in [3.05, 3.63) is 83.2 Å². The van der Waals surface area contributed by atoms with Crippen LogP contribution in [0.1, 0.15) is 28.6 Å². The van der Waals surface area contributed by atoms with Gasteiger partial charge in [0.15, 0.2) is 5.16 Å². The average molecular weight is 379 g/mol. The highest BCUT2D eigenvalue weighted by Gasteiger charge is 2.12. The van der Waals surface area contributed by atoms with E-state index in [0.29, 0.717) is 10.8 Å².